The third-order valence-corrected chi connectivity index (χ3v) is 3.05. The van der Waals surface area contributed by atoms with Gasteiger partial charge in [-0.25, -0.2) is 0 Å². The second-order valence-corrected chi connectivity index (χ2v) is 4.94. The lowest BCUT2D eigenvalue weighted by atomic mass is 10.2. The molecule has 0 aliphatic carbocycles. The average Bonchev–Trinajstić information content (AvgIpc) is 2.53. The van der Waals surface area contributed by atoms with E-state index in [1.54, 1.807) is 36.4 Å². The minimum absolute atomic E-state index is 0.253. The number of hydrogen-bond acceptors (Lipinski definition) is 4. The molecule has 1 unspecified atom stereocenters. The zero-order valence-electron chi connectivity index (χ0n) is 13.1. The number of anilines is 1. The highest BCUT2D eigenvalue weighted by atomic mass is 16.5. The van der Waals surface area contributed by atoms with Gasteiger partial charge < -0.3 is 14.8 Å². The molecule has 0 aliphatic heterocycles. The zero-order chi connectivity index (χ0) is 16.7. The second-order valence-electron chi connectivity index (χ2n) is 4.94. The number of carbonyl (C=O) groups is 2. The maximum atomic E-state index is 12.3. The van der Waals surface area contributed by atoms with Crippen LogP contribution < -0.4 is 14.8 Å². The molecular weight excluding hydrogens is 294 g/mol. The molecule has 0 heterocycles. The molecule has 2 aromatic rings. The van der Waals surface area contributed by atoms with Crippen LogP contribution >= 0.6 is 0 Å². The van der Waals surface area contributed by atoms with E-state index in [2.05, 4.69) is 5.32 Å². The molecule has 0 aromatic heterocycles. The van der Waals surface area contributed by atoms with Crippen molar-refractivity contribution >= 4 is 17.6 Å². The standard InChI is InChI=1S/C18H19NO4/c1-3-17(23-15-9-5-4-6-10-15)18(21)19-14-8-7-11-16(12-14)22-13(2)20/h4-12,17H,3H2,1-2H3,(H,19,21). The first-order valence-corrected chi connectivity index (χ1v) is 7.39. The third kappa shape index (κ3) is 5.14. The van der Waals surface area contributed by atoms with E-state index >= 15 is 0 Å². The third-order valence-electron chi connectivity index (χ3n) is 3.05. The van der Waals surface area contributed by atoms with Crippen molar-refractivity contribution in [3.05, 3.63) is 54.6 Å². The number of esters is 1. The SMILES string of the molecule is CCC(Oc1ccccc1)C(=O)Nc1cccc(OC(C)=O)c1. The van der Waals surface area contributed by atoms with Gasteiger partial charge in [-0.15, -0.1) is 0 Å². The van der Waals surface area contributed by atoms with Gasteiger partial charge in [0.15, 0.2) is 6.10 Å². The smallest absolute Gasteiger partial charge is 0.308 e. The van der Waals surface area contributed by atoms with E-state index in [1.165, 1.54) is 6.92 Å². The molecule has 0 fully saturated rings. The van der Waals surface area contributed by atoms with Crippen LogP contribution in [0.3, 0.4) is 0 Å². The Labute approximate surface area is 135 Å². The Kier molecular flexibility index (Phi) is 5.74. The van der Waals surface area contributed by atoms with Crippen molar-refractivity contribution in [1.29, 1.82) is 0 Å². The summed E-state index contributed by atoms with van der Waals surface area (Å²) in [5, 5.41) is 2.77. The Morgan fingerprint density at radius 1 is 1.04 bits per heavy atom. The average molecular weight is 313 g/mol. The molecule has 2 rings (SSSR count). The van der Waals surface area contributed by atoms with Crippen molar-refractivity contribution < 1.29 is 19.1 Å². The predicted molar refractivity (Wildman–Crippen MR) is 87.5 cm³/mol. The molecule has 23 heavy (non-hydrogen) atoms. The first-order valence-electron chi connectivity index (χ1n) is 7.39. The van der Waals surface area contributed by atoms with Gasteiger partial charge in [-0.2, -0.15) is 0 Å². The maximum Gasteiger partial charge on any atom is 0.308 e. The van der Waals surface area contributed by atoms with Crippen molar-refractivity contribution in [2.45, 2.75) is 26.4 Å². The van der Waals surface area contributed by atoms with Crippen LogP contribution in [0, 0.1) is 0 Å². The lowest BCUT2D eigenvalue weighted by molar-refractivity contribution is -0.131. The number of para-hydroxylation sites is 1. The number of hydrogen-bond donors (Lipinski definition) is 1. The number of ether oxygens (including phenoxy) is 2. The van der Waals surface area contributed by atoms with Gasteiger partial charge in [0.1, 0.15) is 11.5 Å². The fourth-order valence-electron chi connectivity index (χ4n) is 2.01. The van der Waals surface area contributed by atoms with E-state index in [0.29, 0.717) is 23.6 Å². The molecule has 120 valence electrons. The van der Waals surface area contributed by atoms with Crippen LogP contribution in [0.1, 0.15) is 20.3 Å². The summed E-state index contributed by atoms with van der Waals surface area (Å²) in [5.74, 6) is 0.360. The van der Waals surface area contributed by atoms with Gasteiger partial charge in [0.2, 0.25) is 0 Å². The van der Waals surface area contributed by atoms with Gasteiger partial charge in [0.05, 0.1) is 0 Å². The van der Waals surface area contributed by atoms with Gasteiger partial charge in [0, 0.05) is 18.7 Å². The molecule has 0 saturated heterocycles. The van der Waals surface area contributed by atoms with Crippen LogP contribution in [0.15, 0.2) is 54.6 Å². The highest BCUT2D eigenvalue weighted by molar-refractivity contribution is 5.94. The number of carbonyl (C=O) groups excluding carboxylic acids is 2. The summed E-state index contributed by atoms with van der Waals surface area (Å²) >= 11 is 0. The summed E-state index contributed by atoms with van der Waals surface area (Å²) in [6, 6.07) is 15.9. The molecule has 0 spiro atoms. The van der Waals surface area contributed by atoms with Gasteiger partial charge in [-0.05, 0) is 30.7 Å². The Hall–Kier alpha value is -2.82. The normalized spacial score (nSPS) is 11.4. The first-order chi connectivity index (χ1) is 11.1. The number of nitrogens with one attached hydrogen (secondary N) is 1. The Bertz CT molecular complexity index is 670. The number of amides is 1. The van der Waals surface area contributed by atoms with E-state index in [9.17, 15) is 9.59 Å². The van der Waals surface area contributed by atoms with Crippen LogP contribution in [0.5, 0.6) is 11.5 Å². The molecular formula is C18H19NO4. The first kappa shape index (κ1) is 16.5. The van der Waals surface area contributed by atoms with E-state index in [4.69, 9.17) is 9.47 Å². The number of rotatable bonds is 6. The van der Waals surface area contributed by atoms with Crippen LogP contribution in [0.4, 0.5) is 5.69 Å². The molecule has 2 aromatic carbocycles. The minimum atomic E-state index is -0.602. The lowest BCUT2D eigenvalue weighted by Crippen LogP contribution is -2.32. The molecule has 0 aliphatic rings. The van der Waals surface area contributed by atoms with Crippen molar-refractivity contribution in [1.82, 2.24) is 0 Å². The lowest BCUT2D eigenvalue weighted by Gasteiger charge is -2.17. The largest absolute Gasteiger partial charge is 0.481 e. The molecule has 5 heteroatoms. The fraction of sp³-hybridized carbons (Fsp3) is 0.222. The van der Waals surface area contributed by atoms with Gasteiger partial charge in [-0.3, -0.25) is 9.59 Å². The maximum absolute atomic E-state index is 12.3. The van der Waals surface area contributed by atoms with Crippen LogP contribution in [0.2, 0.25) is 0 Å². The highest BCUT2D eigenvalue weighted by Crippen LogP contribution is 2.19. The highest BCUT2D eigenvalue weighted by Gasteiger charge is 2.18. The summed E-state index contributed by atoms with van der Waals surface area (Å²) in [6.07, 6.45) is -0.0699. The van der Waals surface area contributed by atoms with Gasteiger partial charge >= 0.3 is 5.97 Å². The summed E-state index contributed by atoms with van der Waals surface area (Å²) in [6.45, 7) is 3.20. The van der Waals surface area contributed by atoms with Crippen LogP contribution in [-0.4, -0.2) is 18.0 Å². The molecule has 1 amide bonds. The second kappa shape index (κ2) is 7.98. The molecule has 0 radical (unpaired) electrons. The van der Waals surface area contributed by atoms with Crippen molar-refractivity contribution in [2.75, 3.05) is 5.32 Å². The van der Waals surface area contributed by atoms with Gasteiger partial charge in [-0.1, -0.05) is 31.2 Å². The Morgan fingerprint density at radius 2 is 1.74 bits per heavy atom. The van der Waals surface area contributed by atoms with E-state index < -0.39 is 12.1 Å². The van der Waals surface area contributed by atoms with Gasteiger partial charge in [0.25, 0.3) is 5.91 Å². The summed E-state index contributed by atoms with van der Waals surface area (Å²) in [5.41, 5.74) is 0.545. The quantitative estimate of drug-likeness (QED) is 0.655. The molecule has 1 N–H and O–H groups in total. The predicted octanol–water partition coefficient (Wildman–Crippen LogP) is 3.41. The summed E-state index contributed by atoms with van der Waals surface area (Å²) in [4.78, 5) is 23.3. The molecule has 1 atom stereocenters. The Morgan fingerprint density at radius 3 is 2.39 bits per heavy atom. The molecule has 5 nitrogen and oxygen atoms in total. The van der Waals surface area contributed by atoms with E-state index in [-0.39, 0.29) is 5.91 Å². The van der Waals surface area contributed by atoms with Crippen molar-refractivity contribution in [3.8, 4) is 11.5 Å². The summed E-state index contributed by atoms with van der Waals surface area (Å²) < 4.78 is 10.7. The van der Waals surface area contributed by atoms with Crippen molar-refractivity contribution in [2.24, 2.45) is 0 Å². The number of benzene rings is 2. The van der Waals surface area contributed by atoms with E-state index in [1.807, 2.05) is 25.1 Å². The minimum Gasteiger partial charge on any atom is -0.481 e. The van der Waals surface area contributed by atoms with E-state index in [0.717, 1.165) is 0 Å². The molecule has 0 saturated carbocycles. The monoisotopic (exact) mass is 313 g/mol. The van der Waals surface area contributed by atoms with Crippen LogP contribution in [0.25, 0.3) is 0 Å². The zero-order valence-corrected chi connectivity index (χ0v) is 13.1. The molecule has 0 bridgehead atoms. The fourth-order valence-corrected chi connectivity index (χ4v) is 2.01. The topological polar surface area (TPSA) is 64.6 Å². The van der Waals surface area contributed by atoms with Crippen molar-refractivity contribution in [3.63, 3.8) is 0 Å². The Balaban J connectivity index is 2.03. The van der Waals surface area contributed by atoms with Crippen LogP contribution in [-0.2, 0) is 9.59 Å². The summed E-state index contributed by atoms with van der Waals surface area (Å²) in [7, 11) is 0.